The van der Waals surface area contributed by atoms with E-state index in [4.69, 9.17) is 0 Å². The van der Waals surface area contributed by atoms with Crippen molar-refractivity contribution in [3.63, 3.8) is 0 Å². The minimum absolute atomic E-state index is 0.262. The largest absolute Gasteiger partial charge is 0.312 e. The van der Waals surface area contributed by atoms with E-state index in [1.165, 1.54) is 71.5 Å². The van der Waals surface area contributed by atoms with Crippen LogP contribution in [0.2, 0.25) is 0 Å². The summed E-state index contributed by atoms with van der Waals surface area (Å²) >= 11 is 0. The highest BCUT2D eigenvalue weighted by molar-refractivity contribution is 4.79. The van der Waals surface area contributed by atoms with Crippen LogP contribution in [0.3, 0.4) is 0 Å². The van der Waals surface area contributed by atoms with Crippen LogP contribution < -0.4 is 5.32 Å². The highest BCUT2D eigenvalue weighted by Gasteiger charge is 2.22. The van der Waals surface area contributed by atoms with Crippen molar-refractivity contribution in [2.75, 3.05) is 45.8 Å². The van der Waals surface area contributed by atoms with E-state index in [-0.39, 0.29) is 5.54 Å². The van der Waals surface area contributed by atoms with Crippen molar-refractivity contribution in [1.29, 1.82) is 0 Å². The zero-order chi connectivity index (χ0) is 13.7. The Morgan fingerprint density at radius 3 is 2.26 bits per heavy atom. The lowest BCUT2D eigenvalue weighted by Crippen LogP contribution is -2.46. The summed E-state index contributed by atoms with van der Waals surface area (Å²) in [5.41, 5.74) is 0.262. The Morgan fingerprint density at radius 2 is 1.58 bits per heavy atom. The van der Waals surface area contributed by atoms with Gasteiger partial charge in [0, 0.05) is 25.2 Å². The average molecular weight is 267 g/mol. The predicted octanol–water partition coefficient (Wildman–Crippen LogP) is 2.18. The Kier molecular flexibility index (Phi) is 5.67. The highest BCUT2D eigenvalue weighted by Crippen LogP contribution is 2.17. The molecule has 0 aromatic rings. The first-order valence-corrected chi connectivity index (χ1v) is 8.23. The molecule has 3 nitrogen and oxygen atoms in total. The van der Waals surface area contributed by atoms with Gasteiger partial charge in [0.2, 0.25) is 0 Å². The fourth-order valence-electron chi connectivity index (χ4n) is 3.26. The molecule has 1 atom stereocenters. The summed E-state index contributed by atoms with van der Waals surface area (Å²) < 4.78 is 0. The molecule has 0 saturated carbocycles. The lowest BCUT2D eigenvalue weighted by atomic mass is 9.96. The fraction of sp³-hybridized carbons (Fsp3) is 1.00. The van der Waals surface area contributed by atoms with Crippen LogP contribution >= 0.6 is 0 Å². The smallest absolute Gasteiger partial charge is 0.0109 e. The van der Waals surface area contributed by atoms with Crippen LogP contribution in [0.4, 0.5) is 0 Å². The molecule has 19 heavy (non-hydrogen) atoms. The molecule has 0 aromatic carbocycles. The topological polar surface area (TPSA) is 18.5 Å². The number of hydrogen-bond acceptors (Lipinski definition) is 3. The van der Waals surface area contributed by atoms with E-state index < -0.39 is 0 Å². The quantitative estimate of drug-likeness (QED) is 0.824. The van der Waals surface area contributed by atoms with Gasteiger partial charge in [-0.1, -0.05) is 0 Å². The van der Waals surface area contributed by atoms with Gasteiger partial charge in [-0.25, -0.2) is 0 Å². The monoisotopic (exact) mass is 267 g/mol. The standard InChI is InChI=1S/C16H33N3/c1-16(2,3)17-13-15-7-6-10-19(14-15)12-11-18-8-4-5-9-18/h15,17H,4-14H2,1-3H3. The van der Waals surface area contributed by atoms with Crippen LogP contribution in [0.15, 0.2) is 0 Å². The number of piperidine rings is 1. The Morgan fingerprint density at radius 1 is 0.947 bits per heavy atom. The maximum absolute atomic E-state index is 3.67. The van der Waals surface area contributed by atoms with E-state index in [1.807, 2.05) is 0 Å². The lowest BCUT2D eigenvalue weighted by molar-refractivity contribution is 0.150. The first-order chi connectivity index (χ1) is 9.03. The van der Waals surface area contributed by atoms with Crippen molar-refractivity contribution in [1.82, 2.24) is 15.1 Å². The van der Waals surface area contributed by atoms with Crippen molar-refractivity contribution >= 4 is 0 Å². The third-order valence-electron chi connectivity index (χ3n) is 4.46. The van der Waals surface area contributed by atoms with Crippen LogP contribution in [0.25, 0.3) is 0 Å². The van der Waals surface area contributed by atoms with Gasteiger partial charge in [0.1, 0.15) is 0 Å². The van der Waals surface area contributed by atoms with Crippen molar-refractivity contribution in [3.05, 3.63) is 0 Å². The summed E-state index contributed by atoms with van der Waals surface area (Å²) in [5.74, 6) is 0.853. The van der Waals surface area contributed by atoms with Crippen LogP contribution in [0, 0.1) is 5.92 Å². The van der Waals surface area contributed by atoms with Gasteiger partial charge in [-0.3, -0.25) is 0 Å². The molecule has 1 unspecified atom stereocenters. The molecule has 2 heterocycles. The summed E-state index contributed by atoms with van der Waals surface area (Å²) in [6.45, 7) is 15.8. The van der Waals surface area contributed by atoms with Gasteiger partial charge in [-0.05, 0) is 78.6 Å². The first kappa shape index (κ1) is 15.3. The molecule has 2 aliphatic rings. The number of hydrogen-bond donors (Lipinski definition) is 1. The maximum Gasteiger partial charge on any atom is 0.0109 e. The zero-order valence-corrected chi connectivity index (χ0v) is 13.2. The van der Waals surface area contributed by atoms with Gasteiger partial charge in [0.05, 0.1) is 0 Å². The van der Waals surface area contributed by atoms with Gasteiger partial charge >= 0.3 is 0 Å². The third-order valence-corrected chi connectivity index (χ3v) is 4.46. The molecule has 3 heteroatoms. The molecule has 0 amide bonds. The number of nitrogens with one attached hydrogen (secondary N) is 1. The van der Waals surface area contributed by atoms with Crippen LogP contribution in [0.1, 0.15) is 46.5 Å². The fourth-order valence-corrected chi connectivity index (χ4v) is 3.26. The number of likely N-dealkylation sites (tertiary alicyclic amines) is 2. The molecule has 0 aliphatic carbocycles. The van der Waals surface area contributed by atoms with Gasteiger partial charge < -0.3 is 15.1 Å². The minimum Gasteiger partial charge on any atom is -0.312 e. The van der Waals surface area contributed by atoms with E-state index in [2.05, 4.69) is 35.9 Å². The van der Waals surface area contributed by atoms with Crippen LogP contribution in [-0.4, -0.2) is 61.2 Å². The average Bonchev–Trinajstić information content (AvgIpc) is 2.87. The van der Waals surface area contributed by atoms with E-state index in [0.29, 0.717) is 0 Å². The molecule has 2 rings (SSSR count). The van der Waals surface area contributed by atoms with Crippen LogP contribution in [0.5, 0.6) is 0 Å². The summed E-state index contributed by atoms with van der Waals surface area (Å²) in [4.78, 5) is 5.33. The third kappa shape index (κ3) is 5.80. The van der Waals surface area contributed by atoms with Gasteiger partial charge in [0.25, 0.3) is 0 Å². The summed E-state index contributed by atoms with van der Waals surface area (Å²) in [7, 11) is 0. The summed E-state index contributed by atoms with van der Waals surface area (Å²) in [6.07, 6.45) is 5.62. The van der Waals surface area contributed by atoms with Crippen LogP contribution in [-0.2, 0) is 0 Å². The summed E-state index contributed by atoms with van der Waals surface area (Å²) in [6, 6.07) is 0. The van der Waals surface area contributed by atoms with Crippen molar-refractivity contribution in [2.45, 2.75) is 52.0 Å². The Balaban J connectivity index is 1.65. The Labute approximate surface area is 119 Å². The number of rotatable bonds is 5. The first-order valence-electron chi connectivity index (χ1n) is 8.23. The second kappa shape index (κ2) is 7.05. The molecular weight excluding hydrogens is 234 g/mol. The van der Waals surface area contributed by atoms with Crippen molar-refractivity contribution < 1.29 is 0 Å². The SMILES string of the molecule is CC(C)(C)NCC1CCCN(CCN2CCCC2)C1. The van der Waals surface area contributed by atoms with E-state index in [0.717, 1.165) is 5.92 Å². The van der Waals surface area contributed by atoms with E-state index in [9.17, 15) is 0 Å². The molecule has 2 saturated heterocycles. The molecule has 2 fully saturated rings. The van der Waals surface area contributed by atoms with E-state index >= 15 is 0 Å². The van der Waals surface area contributed by atoms with Crippen molar-refractivity contribution in [2.24, 2.45) is 5.92 Å². The van der Waals surface area contributed by atoms with Crippen molar-refractivity contribution in [3.8, 4) is 0 Å². The lowest BCUT2D eigenvalue weighted by Gasteiger charge is -2.35. The van der Waals surface area contributed by atoms with E-state index in [1.54, 1.807) is 0 Å². The highest BCUT2D eigenvalue weighted by atomic mass is 15.2. The van der Waals surface area contributed by atoms with Gasteiger partial charge in [0.15, 0.2) is 0 Å². The molecule has 0 aromatic heterocycles. The Bertz CT molecular complexity index is 253. The molecule has 112 valence electrons. The molecule has 2 aliphatic heterocycles. The normalized spacial score (nSPS) is 27.0. The molecular formula is C16H33N3. The minimum atomic E-state index is 0.262. The second-order valence-electron chi connectivity index (χ2n) is 7.49. The molecule has 1 N–H and O–H groups in total. The molecule has 0 spiro atoms. The maximum atomic E-state index is 3.67. The van der Waals surface area contributed by atoms with Gasteiger partial charge in [-0.15, -0.1) is 0 Å². The molecule has 0 bridgehead atoms. The second-order valence-corrected chi connectivity index (χ2v) is 7.49. The summed E-state index contributed by atoms with van der Waals surface area (Å²) in [5, 5.41) is 3.67. The van der Waals surface area contributed by atoms with Gasteiger partial charge in [-0.2, -0.15) is 0 Å². The zero-order valence-electron chi connectivity index (χ0n) is 13.2. The number of nitrogens with zero attached hydrogens (tertiary/aromatic N) is 2. The molecule has 0 radical (unpaired) electrons. The predicted molar refractivity (Wildman–Crippen MR) is 82.6 cm³/mol. The Hall–Kier alpha value is -0.120.